The maximum absolute atomic E-state index is 12.9. The Morgan fingerprint density at radius 3 is 2.58 bits per heavy atom. The number of nitrogens with one attached hydrogen (secondary N) is 1. The highest BCUT2D eigenvalue weighted by Crippen LogP contribution is 2.25. The van der Waals surface area contributed by atoms with E-state index in [4.69, 9.17) is 19.9 Å². The van der Waals surface area contributed by atoms with Crippen LogP contribution >= 0.6 is 0 Å². The minimum Gasteiger partial charge on any atom is -0.489 e. The molecule has 1 unspecified atom stereocenters. The third-order valence-corrected chi connectivity index (χ3v) is 3.92. The smallest absolute Gasteiger partial charge is 0.279 e. The summed E-state index contributed by atoms with van der Waals surface area (Å²) in [6.07, 6.45) is 1.19. The van der Waals surface area contributed by atoms with Gasteiger partial charge in [-0.15, -0.1) is 0 Å². The van der Waals surface area contributed by atoms with E-state index in [1.807, 2.05) is 30.3 Å². The maximum Gasteiger partial charge on any atom is 0.279 e. The van der Waals surface area contributed by atoms with Gasteiger partial charge >= 0.3 is 0 Å². The first kappa shape index (κ1) is 23.9. The molecule has 0 spiro atoms. The van der Waals surface area contributed by atoms with E-state index in [0.717, 1.165) is 5.56 Å². The third-order valence-electron chi connectivity index (χ3n) is 3.92. The van der Waals surface area contributed by atoms with Crippen molar-refractivity contribution in [2.75, 3.05) is 13.7 Å². The summed E-state index contributed by atoms with van der Waals surface area (Å²) in [6.45, 7) is 3.40. The first-order valence-corrected chi connectivity index (χ1v) is 9.84. The number of alkyl halides is 1. The van der Waals surface area contributed by atoms with Gasteiger partial charge in [0.25, 0.3) is 5.91 Å². The van der Waals surface area contributed by atoms with Gasteiger partial charge in [0.2, 0.25) is 0 Å². The lowest BCUT2D eigenvalue weighted by atomic mass is 10.2. The van der Waals surface area contributed by atoms with Crippen molar-refractivity contribution in [2.45, 2.75) is 32.9 Å². The van der Waals surface area contributed by atoms with E-state index in [1.54, 1.807) is 32.3 Å². The van der Waals surface area contributed by atoms with Crippen LogP contribution in [0.2, 0.25) is 0 Å². The minimum atomic E-state index is -1.40. The standard InChI is InChI=1S/C23H28FN3O4/c1-16(14-29-17(2)24)31-21-12-19(23(28)27-22(25)9-10-26-3)11-20(13-21)30-15-18-7-5-4-6-8-18/h4-13,16-17,26H,14-15H2,1-3H3,(H2,25,27,28)/b10-9-/t16-,17?/m0/s1. The normalized spacial score (nSPS) is 13.6. The minimum absolute atomic E-state index is 0.0515. The molecule has 31 heavy (non-hydrogen) atoms. The number of rotatable bonds is 11. The molecule has 1 amide bonds. The van der Waals surface area contributed by atoms with Gasteiger partial charge in [0, 0.05) is 18.7 Å². The number of hydrogen-bond donors (Lipinski definition) is 2. The summed E-state index contributed by atoms with van der Waals surface area (Å²) in [5, 5.41) is 2.77. The molecule has 166 valence electrons. The molecular weight excluding hydrogens is 401 g/mol. The fourth-order valence-electron chi connectivity index (χ4n) is 2.51. The van der Waals surface area contributed by atoms with Crippen LogP contribution in [0.3, 0.4) is 0 Å². The highest BCUT2D eigenvalue weighted by molar-refractivity contribution is 6.06. The zero-order valence-corrected chi connectivity index (χ0v) is 17.9. The molecule has 0 heterocycles. The second-order valence-electron chi connectivity index (χ2n) is 6.74. The molecule has 3 N–H and O–H groups in total. The zero-order chi connectivity index (χ0) is 22.6. The monoisotopic (exact) mass is 429 g/mol. The zero-order valence-electron chi connectivity index (χ0n) is 17.9. The number of halogens is 1. The van der Waals surface area contributed by atoms with Gasteiger partial charge in [-0.2, -0.15) is 4.99 Å². The van der Waals surface area contributed by atoms with Crippen LogP contribution < -0.4 is 20.5 Å². The molecule has 2 aromatic rings. The molecule has 0 bridgehead atoms. The maximum atomic E-state index is 12.9. The average molecular weight is 429 g/mol. The number of amidine groups is 1. The van der Waals surface area contributed by atoms with E-state index in [1.165, 1.54) is 19.1 Å². The van der Waals surface area contributed by atoms with Crippen LogP contribution in [0.15, 0.2) is 65.8 Å². The second kappa shape index (κ2) is 12.3. The highest BCUT2D eigenvalue weighted by atomic mass is 19.1. The molecule has 0 aliphatic rings. The van der Waals surface area contributed by atoms with Crippen molar-refractivity contribution in [1.29, 1.82) is 0 Å². The summed E-state index contributed by atoms with van der Waals surface area (Å²) >= 11 is 0. The van der Waals surface area contributed by atoms with Crippen LogP contribution in [0.1, 0.15) is 29.8 Å². The second-order valence-corrected chi connectivity index (χ2v) is 6.74. The predicted molar refractivity (Wildman–Crippen MR) is 118 cm³/mol. The Balaban J connectivity index is 2.23. The van der Waals surface area contributed by atoms with Crippen LogP contribution in [0, 0.1) is 0 Å². The summed E-state index contributed by atoms with van der Waals surface area (Å²) in [5.41, 5.74) is 6.96. The van der Waals surface area contributed by atoms with Crippen molar-refractivity contribution in [3.63, 3.8) is 0 Å². The lowest BCUT2D eigenvalue weighted by Crippen LogP contribution is -2.21. The Hall–Kier alpha value is -3.39. The van der Waals surface area contributed by atoms with Gasteiger partial charge in [-0.05, 0) is 43.8 Å². The quantitative estimate of drug-likeness (QED) is 0.419. The van der Waals surface area contributed by atoms with Gasteiger partial charge in [0.05, 0.1) is 6.61 Å². The van der Waals surface area contributed by atoms with Crippen LogP contribution in [-0.4, -0.2) is 37.9 Å². The van der Waals surface area contributed by atoms with Gasteiger partial charge in [-0.1, -0.05) is 30.3 Å². The van der Waals surface area contributed by atoms with Crippen molar-refractivity contribution < 1.29 is 23.4 Å². The van der Waals surface area contributed by atoms with Crippen LogP contribution in [0.4, 0.5) is 4.39 Å². The van der Waals surface area contributed by atoms with Crippen LogP contribution in [-0.2, 0) is 11.3 Å². The summed E-state index contributed by atoms with van der Waals surface area (Å²) in [5.74, 6) is 0.304. The summed E-state index contributed by atoms with van der Waals surface area (Å²) in [6, 6.07) is 14.4. The molecule has 0 saturated heterocycles. The number of amides is 1. The van der Waals surface area contributed by atoms with Crippen molar-refractivity contribution in [3.8, 4) is 11.5 Å². The predicted octanol–water partition coefficient (Wildman–Crippen LogP) is 3.60. The number of nitrogens with zero attached hydrogens (tertiary/aromatic N) is 1. The third kappa shape index (κ3) is 8.88. The number of nitrogens with two attached hydrogens (primary N) is 1. The molecular formula is C23H28FN3O4. The molecule has 2 aromatic carbocycles. The topological polar surface area (TPSA) is 95.2 Å². The van der Waals surface area contributed by atoms with E-state index in [-0.39, 0.29) is 18.0 Å². The fraction of sp³-hybridized carbons (Fsp3) is 0.304. The largest absolute Gasteiger partial charge is 0.489 e. The number of hydrogen-bond acceptors (Lipinski definition) is 5. The Bertz CT molecular complexity index is 901. The van der Waals surface area contributed by atoms with Crippen molar-refractivity contribution in [2.24, 2.45) is 10.7 Å². The summed E-state index contributed by atoms with van der Waals surface area (Å²) in [7, 11) is 1.71. The Morgan fingerprint density at radius 2 is 1.90 bits per heavy atom. The van der Waals surface area contributed by atoms with E-state index < -0.39 is 18.4 Å². The molecule has 0 radical (unpaired) electrons. The number of aliphatic imine (C=N–C) groups is 1. The summed E-state index contributed by atoms with van der Waals surface area (Å²) in [4.78, 5) is 16.5. The molecule has 0 fully saturated rings. The molecule has 0 aliphatic heterocycles. The first-order chi connectivity index (χ1) is 14.9. The molecule has 7 nitrogen and oxygen atoms in total. The fourth-order valence-corrected chi connectivity index (χ4v) is 2.51. The summed E-state index contributed by atoms with van der Waals surface area (Å²) < 4.78 is 29.5. The van der Waals surface area contributed by atoms with E-state index in [9.17, 15) is 9.18 Å². The molecule has 2 rings (SSSR count). The van der Waals surface area contributed by atoms with Gasteiger partial charge in [0.15, 0.2) is 6.36 Å². The highest BCUT2D eigenvalue weighted by Gasteiger charge is 2.13. The van der Waals surface area contributed by atoms with Gasteiger partial charge < -0.3 is 25.3 Å². The molecule has 8 heteroatoms. The van der Waals surface area contributed by atoms with Crippen LogP contribution in [0.5, 0.6) is 11.5 Å². The van der Waals surface area contributed by atoms with Crippen molar-refractivity contribution in [1.82, 2.24) is 5.32 Å². The lowest BCUT2D eigenvalue weighted by molar-refractivity contribution is -0.0524. The number of ether oxygens (including phenoxy) is 3. The Morgan fingerprint density at radius 1 is 1.19 bits per heavy atom. The van der Waals surface area contributed by atoms with E-state index in [0.29, 0.717) is 18.1 Å². The average Bonchev–Trinajstić information content (AvgIpc) is 2.75. The van der Waals surface area contributed by atoms with Crippen molar-refractivity contribution >= 4 is 11.7 Å². The molecule has 0 saturated carbocycles. The SMILES string of the molecule is CN/C=C\C(N)=NC(=O)c1cc(OCc2ccccc2)cc(O[C@@H](C)COC(C)F)c1. The van der Waals surface area contributed by atoms with E-state index >= 15 is 0 Å². The van der Waals surface area contributed by atoms with Gasteiger partial charge in [-0.3, -0.25) is 4.79 Å². The Labute approximate surface area is 181 Å². The Kier molecular flexibility index (Phi) is 9.51. The molecule has 0 aliphatic carbocycles. The molecule has 2 atom stereocenters. The number of benzene rings is 2. The number of carbonyl (C=O) groups excluding carboxylic acids is 1. The number of carbonyl (C=O) groups is 1. The van der Waals surface area contributed by atoms with Gasteiger partial charge in [0.1, 0.15) is 30.0 Å². The van der Waals surface area contributed by atoms with Gasteiger partial charge in [-0.25, -0.2) is 4.39 Å². The van der Waals surface area contributed by atoms with E-state index in [2.05, 4.69) is 10.3 Å². The van der Waals surface area contributed by atoms with Crippen molar-refractivity contribution in [3.05, 3.63) is 71.9 Å². The molecule has 0 aromatic heterocycles. The first-order valence-electron chi connectivity index (χ1n) is 9.84. The lowest BCUT2D eigenvalue weighted by Gasteiger charge is -2.17. The van der Waals surface area contributed by atoms with Crippen LogP contribution in [0.25, 0.3) is 0 Å².